The van der Waals surface area contributed by atoms with E-state index in [0.29, 0.717) is 13.1 Å². The van der Waals surface area contributed by atoms with Crippen LogP contribution in [0.4, 0.5) is 0 Å². The number of primary amides is 1. The molecule has 0 unspecified atom stereocenters. The molecule has 0 aromatic rings. The monoisotopic (exact) mass is 290 g/mol. The van der Waals surface area contributed by atoms with Crippen LogP contribution in [0.1, 0.15) is 25.7 Å². The summed E-state index contributed by atoms with van der Waals surface area (Å²) in [6, 6.07) is 0. The number of carbonyl (C=O) groups is 2. The summed E-state index contributed by atoms with van der Waals surface area (Å²) in [5.74, 6) is -1.97. The summed E-state index contributed by atoms with van der Waals surface area (Å²) < 4.78 is 0. The van der Waals surface area contributed by atoms with Gasteiger partial charge in [0.2, 0.25) is 5.91 Å². The van der Waals surface area contributed by atoms with E-state index in [1.807, 2.05) is 0 Å². The molecular formula is C12H22N2O6. The first kappa shape index (κ1) is 16.8. The van der Waals surface area contributed by atoms with E-state index in [2.05, 4.69) is 0 Å². The van der Waals surface area contributed by atoms with Gasteiger partial charge >= 0.3 is 0 Å². The van der Waals surface area contributed by atoms with Gasteiger partial charge in [-0.25, -0.2) is 0 Å². The Morgan fingerprint density at radius 1 is 0.850 bits per heavy atom. The standard InChI is InChI=1S/C12H22N2O6/c13-11(19)9(17)7(15)8(16)10(18)12(20)14-5-3-1-2-4-6-14/h7-10,15-18H,1-6H2,(H2,13,19)/t7-,8+,9+,10-/m1/s1. The van der Waals surface area contributed by atoms with Crippen molar-refractivity contribution >= 4 is 11.8 Å². The van der Waals surface area contributed by atoms with Crippen LogP contribution >= 0.6 is 0 Å². The third-order valence-corrected chi connectivity index (χ3v) is 3.46. The number of aliphatic hydroxyl groups excluding tert-OH is 4. The normalized spacial score (nSPS) is 22.5. The molecule has 0 aromatic heterocycles. The maximum Gasteiger partial charge on any atom is 0.254 e. The number of rotatable bonds is 5. The quantitative estimate of drug-likeness (QED) is 0.373. The van der Waals surface area contributed by atoms with Crippen LogP contribution in [0, 0.1) is 0 Å². The predicted octanol–water partition coefficient (Wildman–Crippen LogP) is -2.68. The van der Waals surface area contributed by atoms with Gasteiger partial charge in [0.1, 0.15) is 12.2 Å². The van der Waals surface area contributed by atoms with Crippen molar-refractivity contribution in [3.8, 4) is 0 Å². The SMILES string of the molecule is NC(=O)[C@@H](O)[C@H](O)[C@H](O)[C@@H](O)C(=O)N1CCCCCC1. The van der Waals surface area contributed by atoms with E-state index in [-0.39, 0.29) is 0 Å². The Hall–Kier alpha value is -1.22. The fourth-order valence-corrected chi connectivity index (χ4v) is 2.17. The average Bonchev–Trinajstić information content (AvgIpc) is 2.72. The first-order valence-electron chi connectivity index (χ1n) is 6.66. The highest BCUT2D eigenvalue weighted by Crippen LogP contribution is 2.13. The van der Waals surface area contributed by atoms with Crippen molar-refractivity contribution in [2.24, 2.45) is 5.73 Å². The second kappa shape index (κ2) is 7.53. The maximum atomic E-state index is 12.0. The van der Waals surface area contributed by atoms with Crippen LogP contribution in [0.25, 0.3) is 0 Å². The minimum absolute atomic E-state index is 0.469. The van der Waals surface area contributed by atoms with Gasteiger partial charge in [-0.3, -0.25) is 9.59 Å². The minimum Gasteiger partial charge on any atom is -0.387 e. The largest absolute Gasteiger partial charge is 0.387 e. The van der Waals surface area contributed by atoms with E-state index in [0.717, 1.165) is 25.7 Å². The van der Waals surface area contributed by atoms with Gasteiger partial charge in [-0.2, -0.15) is 0 Å². The van der Waals surface area contributed by atoms with Crippen molar-refractivity contribution in [1.82, 2.24) is 4.90 Å². The zero-order valence-electron chi connectivity index (χ0n) is 11.2. The fourth-order valence-electron chi connectivity index (χ4n) is 2.17. The molecule has 1 fully saturated rings. The molecule has 116 valence electrons. The number of aliphatic hydroxyl groups is 4. The van der Waals surface area contributed by atoms with E-state index < -0.39 is 36.2 Å². The van der Waals surface area contributed by atoms with Crippen molar-refractivity contribution in [3.63, 3.8) is 0 Å². The van der Waals surface area contributed by atoms with Gasteiger partial charge in [0.05, 0.1) is 0 Å². The average molecular weight is 290 g/mol. The molecule has 0 bridgehead atoms. The molecule has 0 saturated carbocycles. The lowest BCUT2D eigenvalue weighted by atomic mass is 10.0. The Bertz CT molecular complexity index is 343. The molecule has 1 saturated heterocycles. The minimum atomic E-state index is -2.04. The number of carbonyl (C=O) groups excluding carboxylic acids is 2. The molecule has 1 aliphatic heterocycles. The highest BCUT2D eigenvalue weighted by Gasteiger charge is 2.38. The highest BCUT2D eigenvalue weighted by atomic mass is 16.4. The van der Waals surface area contributed by atoms with Gasteiger partial charge < -0.3 is 31.1 Å². The van der Waals surface area contributed by atoms with Crippen molar-refractivity contribution in [1.29, 1.82) is 0 Å². The first-order chi connectivity index (χ1) is 9.36. The molecule has 6 N–H and O–H groups in total. The van der Waals surface area contributed by atoms with Gasteiger partial charge in [-0.15, -0.1) is 0 Å². The highest BCUT2D eigenvalue weighted by molar-refractivity contribution is 5.82. The van der Waals surface area contributed by atoms with Crippen molar-refractivity contribution in [2.45, 2.75) is 50.1 Å². The molecule has 2 amide bonds. The molecular weight excluding hydrogens is 268 g/mol. The van der Waals surface area contributed by atoms with E-state index in [9.17, 15) is 30.0 Å². The van der Waals surface area contributed by atoms with E-state index in [4.69, 9.17) is 5.73 Å². The summed E-state index contributed by atoms with van der Waals surface area (Å²) in [6.45, 7) is 0.939. The lowest BCUT2D eigenvalue weighted by Gasteiger charge is -2.28. The number of likely N-dealkylation sites (tertiary alicyclic amines) is 1. The molecule has 0 spiro atoms. The van der Waals surface area contributed by atoms with Crippen LogP contribution in [0.15, 0.2) is 0 Å². The Balaban J connectivity index is 2.64. The van der Waals surface area contributed by atoms with Crippen LogP contribution in [0.2, 0.25) is 0 Å². The van der Waals surface area contributed by atoms with Crippen LogP contribution in [0.5, 0.6) is 0 Å². The van der Waals surface area contributed by atoms with Crippen LogP contribution in [-0.4, -0.2) is 74.6 Å². The van der Waals surface area contributed by atoms with Crippen molar-refractivity contribution < 1.29 is 30.0 Å². The molecule has 1 heterocycles. The van der Waals surface area contributed by atoms with Crippen LogP contribution in [-0.2, 0) is 9.59 Å². The van der Waals surface area contributed by atoms with Crippen LogP contribution < -0.4 is 5.73 Å². The summed E-state index contributed by atoms with van der Waals surface area (Å²) in [7, 11) is 0. The second-order valence-electron chi connectivity index (χ2n) is 5.01. The molecule has 0 aliphatic carbocycles. The zero-order valence-corrected chi connectivity index (χ0v) is 11.2. The molecule has 1 aliphatic rings. The third-order valence-electron chi connectivity index (χ3n) is 3.46. The Labute approximate surface area is 116 Å². The third kappa shape index (κ3) is 4.14. The summed E-state index contributed by atoms with van der Waals surface area (Å²) in [4.78, 5) is 24.1. The topological polar surface area (TPSA) is 144 Å². The molecule has 20 heavy (non-hydrogen) atoms. The van der Waals surface area contributed by atoms with Gasteiger partial charge in [0.15, 0.2) is 12.2 Å². The molecule has 1 rings (SSSR count). The summed E-state index contributed by atoms with van der Waals surface area (Å²) in [5, 5.41) is 38.2. The van der Waals surface area contributed by atoms with E-state index >= 15 is 0 Å². The van der Waals surface area contributed by atoms with Gasteiger partial charge in [-0.05, 0) is 12.8 Å². The predicted molar refractivity (Wildman–Crippen MR) is 68.3 cm³/mol. The van der Waals surface area contributed by atoms with Crippen LogP contribution in [0.3, 0.4) is 0 Å². The molecule has 8 heteroatoms. The molecule has 0 aromatic carbocycles. The Morgan fingerprint density at radius 3 is 1.75 bits per heavy atom. The maximum absolute atomic E-state index is 12.0. The van der Waals surface area contributed by atoms with Gasteiger partial charge in [0, 0.05) is 13.1 Å². The van der Waals surface area contributed by atoms with Crippen molar-refractivity contribution in [3.05, 3.63) is 0 Å². The molecule has 0 radical (unpaired) electrons. The lowest BCUT2D eigenvalue weighted by Crippen LogP contribution is -2.54. The van der Waals surface area contributed by atoms with Gasteiger partial charge in [-0.1, -0.05) is 12.8 Å². The first-order valence-corrected chi connectivity index (χ1v) is 6.66. The summed E-state index contributed by atoms with van der Waals surface area (Å²) >= 11 is 0. The number of nitrogens with zero attached hydrogens (tertiary/aromatic N) is 1. The van der Waals surface area contributed by atoms with E-state index in [1.165, 1.54) is 4.90 Å². The lowest BCUT2D eigenvalue weighted by molar-refractivity contribution is -0.160. The smallest absolute Gasteiger partial charge is 0.254 e. The summed E-state index contributed by atoms with van der Waals surface area (Å²) in [6.07, 6.45) is -4.35. The van der Waals surface area contributed by atoms with Gasteiger partial charge in [0.25, 0.3) is 5.91 Å². The fraction of sp³-hybridized carbons (Fsp3) is 0.833. The molecule has 8 nitrogen and oxygen atoms in total. The van der Waals surface area contributed by atoms with Crippen molar-refractivity contribution in [2.75, 3.05) is 13.1 Å². The Morgan fingerprint density at radius 2 is 1.30 bits per heavy atom. The molecule has 4 atom stereocenters. The van der Waals surface area contributed by atoms with E-state index in [1.54, 1.807) is 0 Å². The number of hydrogen-bond donors (Lipinski definition) is 5. The number of nitrogens with two attached hydrogens (primary N) is 1. The summed E-state index contributed by atoms with van der Waals surface area (Å²) in [5.41, 5.74) is 4.78. The number of hydrogen-bond acceptors (Lipinski definition) is 6. The number of amides is 2. The zero-order chi connectivity index (χ0) is 15.3. The second-order valence-corrected chi connectivity index (χ2v) is 5.01. The Kier molecular flexibility index (Phi) is 6.34.